The summed E-state index contributed by atoms with van der Waals surface area (Å²) in [5.74, 6) is -0.887. The monoisotopic (exact) mass is 577 g/mol. The minimum absolute atomic E-state index is 0.0499. The number of hydrogen-bond acceptors (Lipinski definition) is 10. The van der Waals surface area contributed by atoms with Crippen molar-refractivity contribution in [2.45, 2.75) is 69.2 Å². The molecule has 2 amide bonds. The molecule has 1 unspecified atom stereocenters. The number of amides is 2. The first-order chi connectivity index (χ1) is 17.9. The fourth-order valence-electron chi connectivity index (χ4n) is 4.26. The van der Waals surface area contributed by atoms with E-state index in [9.17, 15) is 19.3 Å². The Labute approximate surface area is 223 Å². The zero-order valence-corrected chi connectivity index (χ0v) is 22.3. The summed E-state index contributed by atoms with van der Waals surface area (Å²) in [6.45, 7) is 2.22. The summed E-state index contributed by atoms with van der Waals surface area (Å²) in [7, 11) is -4.15. The number of aliphatic hydroxyl groups is 1. The first-order valence-electron chi connectivity index (χ1n) is 12.0. The molecule has 1 aromatic rings. The number of hydrogen-bond donors (Lipinski definition) is 3. The molecule has 3 heterocycles. The Morgan fingerprint density at radius 2 is 2.24 bits per heavy atom. The maximum Gasteiger partial charge on any atom is 0.475 e. The van der Waals surface area contributed by atoms with E-state index in [1.165, 1.54) is 6.08 Å². The third kappa shape index (κ3) is 6.21. The molecule has 12 nitrogen and oxygen atoms in total. The number of phosphoric ester groups is 1. The molecular weight excluding hydrogens is 548 g/mol. The first kappa shape index (κ1) is 28.9. The van der Waals surface area contributed by atoms with Gasteiger partial charge < -0.3 is 25.6 Å². The summed E-state index contributed by atoms with van der Waals surface area (Å²) in [5, 5.41) is 12.3. The lowest BCUT2D eigenvalue weighted by Crippen LogP contribution is -2.56. The summed E-state index contributed by atoms with van der Waals surface area (Å²) in [5.41, 5.74) is 3.96. The molecule has 3 aliphatic heterocycles. The van der Waals surface area contributed by atoms with Crippen LogP contribution in [0, 0.1) is 0 Å². The van der Waals surface area contributed by atoms with E-state index in [4.69, 9.17) is 40.4 Å². The molecule has 0 radical (unpaired) electrons. The third-order valence-corrected chi connectivity index (χ3v) is 8.07. The van der Waals surface area contributed by atoms with Crippen LogP contribution >= 0.6 is 19.4 Å². The molecular formula is C23H30ClFN3O9P. The van der Waals surface area contributed by atoms with Crippen molar-refractivity contribution in [3.05, 3.63) is 47.1 Å². The Morgan fingerprint density at radius 3 is 2.92 bits per heavy atom. The van der Waals surface area contributed by atoms with Crippen LogP contribution in [-0.4, -0.2) is 71.6 Å². The van der Waals surface area contributed by atoms with Crippen molar-refractivity contribution >= 4 is 31.4 Å². The molecule has 15 heteroatoms. The summed E-state index contributed by atoms with van der Waals surface area (Å²) >= 11 is 6.05. The minimum Gasteiger partial charge on any atom is -0.455 e. The van der Waals surface area contributed by atoms with Gasteiger partial charge in [-0.05, 0) is 37.1 Å². The van der Waals surface area contributed by atoms with Crippen LogP contribution in [0.5, 0.6) is 0 Å². The van der Waals surface area contributed by atoms with E-state index in [0.717, 1.165) is 18.0 Å². The van der Waals surface area contributed by atoms with Crippen LogP contribution in [0.1, 0.15) is 38.4 Å². The van der Waals surface area contributed by atoms with Gasteiger partial charge in [0, 0.05) is 17.6 Å². The van der Waals surface area contributed by atoms with Gasteiger partial charge in [-0.2, -0.15) is 0 Å². The number of esters is 1. The van der Waals surface area contributed by atoms with E-state index in [1.807, 2.05) is 0 Å². The molecule has 0 aromatic heterocycles. The lowest BCUT2D eigenvalue weighted by Gasteiger charge is -2.35. The standard InChI is InChI=1S/C23H30ClFN3O9P/c1-3-15(26)20(30)36-19-17(35-21(23(19,2)25)28-9-7-18(29)27-22(28)31)12-34-38(32)33-10-8-16(37-38)13-5-4-6-14(24)11-13/h4-7,9,11,15-19,21,29H,3,8,10,12,26H2,1-2H3,(H,27,31)/t15-,16-,17+,18?,19+,21+,23+,38+/m0/s1. The highest BCUT2D eigenvalue weighted by Gasteiger charge is 2.60. The number of carbonyl (C=O) groups is 2. The first-order valence-corrected chi connectivity index (χ1v) is 13.9. The Kier molecular flexibility index (Phi) is 8.80. The molecule has 2 fully saturated rings. The molecule has 0 spiro atoms. The summed E-state index contributed by atoms with van der Waals surface area (Å²) in [6, 6.07) is 4.96. The van der Waals surface area contributed by atoms with Crippen LogP contribution < -0.4 is 11.1 Å². The second-order valence-corrected chi connectivity index (χ2v) is 11.3. The van der Waals surface area contributed by atoms with Crippen LogP contribution in [0.3, 0.4) is 0 Å². The van der Waals surface area contributed by atoms with E-state index >= 15 is 4.39 Å². The zero-order valence-electron chi connectivity index (χ0n) is 20.7. The quantitative estimate of drug-likeness (QED) is 0.310. The Bertz CT molecular complexity index is 1130. The number of aliphatic hydroxyl groups excluding tert-OH is 1. The number of urea groups is 1. The SMILES string of the molecule is CC[C@H](N)C(=O)O[C@@H]1[C@@H](CO[P@@]2(=O)OCC[C@@H](c3cccc(Cl)c3)O2)O[C@@H](N2C=CC(O)NC2=O)[C@]1(C)F. The number of nitrogens with one attached hydrogen (secondary N) is 1. The molecule has 4 rings (SSSR count). The number of benzene rings is 1. The largest absolute Gasteiger partial charge is 0.475 e. The summed E-state index contributed by atoms with van der Waals surface area (Å²) < 4.78 is 57.1. The summed E-state index contributed by atoms with van der Waals surface area (Å²) in [4.78, 5) is 25.8. The predicted octanol–water partition coefficient (Wildman–Crippen LogP) is 2.90. The predicted molar refractivity (Wildman–Crippen MR) is 131 cm³/mol. The lowest BCUT2D eigenvalue weighted by molar-refractivity contribution is -0.160. The molecule has 3 aliphatic rings. The lowest BCUT2D eigenvalue weighted by atomic mass is 9.97. The maximum atomic E-state index is 16.2. The minimum atomic E-state index is -4.15. The smallest absolute Gasteiger partial charge is 0.455 e. The van der Waals surface area contributed by atoms with Crippen molar-refractivity contribution in [2.75, 3.05) is 13.2 Å². The van der Waals surface area contributed by atoms with Crippen molar-refractivity contribution in [1.29, 1.82) is 0 Å². The highest BCUT2D eigenvalue weighted by atomic mass is 35.5. The molecule has 2 saturated heterocycles. The van der Waals surface area contributed by atoms with Gasteiger partial charge in [0.05, 0.1) is 19.3 Å². The van der Waals surface area contributed by atoms with Gasteiger partial charge in [-0.3, -0.25) is 23.3 Å². The molecule has 38 heavy (non-hydrogen) atoms. The number of rotatable bonds is 8. The van der Waals surface area contributed by atoms with Crippen molar-refractivity contribution in [3.8, 4) is 0 Å². The average molecular weight is 578 g/mol. The average Bonchev–Trinajstić information content (AvgIpc) is 3.11. The van der Waals surface area contributed by atoms with Crippen LogP contribution in [0.15, 0.2) is 36.5 Å². The normalized spacial score (nSPS) is 36.1. The van der Waals surface area contributed by atoms with Gasteiger partial charge in [0.15, 0.2) is 18.0 Å². The molecule has 210 valence electrons. The van der Waals surface area contributed by atoms with Gasteiger partial charge in [-0.25, -0.2) is 13.8 Å². The molecule has 1 aromatic carbocycles. The zero-order chi connectivity index (χ0) is 27.7. The summed E-state index contributed by atoms with van der Waals surface area (Å²) in [6.07, 6.45) is -3.46. The second kappa shape index (κ2) is 11.6. The number of nitrogens with two attached hydrogens (primary N) is 1. The Morgan fingerprint density at radius 1 is 1.47 bits per heavy atom. The number of ether oxygens (including phenoxy) is 2. The van der Waals surface area contributed by atoms with Gasteiger partial charge in [-0.1, -0.05) is 30.7 Å². The molecule has 8 atom stereocenters. The van der Waals surface area contributed by atoms with Gasteiger partial charge in [0.25, 0.3) is 0 Å². The Hall–Kier alpha value is -2.09. The number of nitrogens with zero attached hydrogens (tertiary/aromatic N) is 1. The highest BCUT2D eigenvalue weighted by Crippen LogP contribution is 2.57. The van der Waals surface area contributed by atoms with Crippen molar-refractivity contribution in [1.82, 2.24) is 10.2 Å². The van der Waals surface area contributed by atoms with Crippen LogP contribution in [0.2, 0.25) is 5.02 Å². The van der Waals surface area contributed by atoms with E-state index in [0.29, 0.717) is 17.0 Å². The van der Waals surface area contributed by atoms with Crippen molar-refractivity contribution in [2.24, 2.45) is 5.73 Å². The Balaban J connectivity index is 1.53. The van der Waals surface area contributed by atoms with E-state index in [1.54, 1.807) is 31.2 Å². The fourth-order valence-corrected chi connectivity index (χ4v) is 5.85. The van der Waals surface area contributed by atoms with Gasteiger partial charge >= 0.3 is 19.8 Å². The van der Waals surface area contributed by atoms with E-state index < -0.39 is 68.9 Å². The topological polar surface area (TPSA) is 159 Å². The van der Waals surface area contributed by atoms with Gasteiger partial charge in [0.1, 0.15) is 18.4 Å². The number of carbonyl (C=O) groups excluding carboxylic acids is 2. The number of alkyl halides is 1. The second-order valence-electron chi connectivity index (χ2n) is 9.21. The van der Waals surface area contributed by atoms with E-state index in [-0.39, 0.29) is 13.0 Å². The fraction of sp³-hybridized carbons (Fsp3) is 0.565. The number of phosphoric acid groups is 1. The van der Waals surface area contributed by atoms with Gasteiger partial charge in [0.2, 0.25) is 0 Å². The molecule has 0 aliphatic carbocycles. The van der Waals surface area contributed by atoms with Crippen LogP contribution in [-0.2, 0) is 32.4 Å². The maximum absolute atomic E-state index is 16.2. The van der Waals surface area contributed by atoms with Gasteiger partial charge in [-0.15, -0.1) is 0 Å². The molecule has 4 N–H and O–H groups in total. The van der Waals surface area contributed by atoms with Crippen molar-refractivity contribution < 1.29 is 46.7 Å². The molecule has 0 saturated carbocycles. The third-order valence-electron chi connectivity index (χ3n) is 6.36. The number of halogens is 2. The van der Waals surface area contributed by atoms with E-state index in [2.05, 4.69) is 5.32 Å². The van der Waals surface area contributed by atoms with Crippen LogP contribution in [0.4, 0.5) is 9.18 Å². The molecule has 0 bridgehead atoms. The van der Waals surface area contributed by atoms with Crippen molar-refractivity contribution in [3.63, 3.8) is 0 Å². The highest BCUT2D eigenvalue weighted by molar-refractivity contribution is 7.48. The van der Waals surface area contributed by atoms with Crippen LogP contribution in [0.25, 0.3) is 0 Å².